The fourth-order valence-electron chi connectivity index (χ4n) is 1.62. The molecule has 7 heteroatoms. The second-order valence-corrected chi connectivity index (χ2v) is 6.72. The van der Waals surface area contributed by atoms with E-state index in [1.165, 1.54) is 11.3 Å². The summed E-state index contributed by atoms with van der Waals surface area (Å²) >= 11 is 4.49. The zero-order valence-corrected chi connectivity index (χ0v) is 13.7. The van der Waals surface area contributed by atoms with Crippen LogP contribution in [0, 0.1) is 11.3 Å². The molecule has 1 N–H and O–H groups in total. The number of nitrogens with zero attached hydrogens (tertiary/aromatic N) is 1. The number of halogens is 1. The maximum absolute atomic E-state index is 11.7. The summed E-state index contributed by atoms with van der Waals surface area (Å²) in [7, 11) is 0. The van der Waals surface area contributed by atoms with E-state index in [9.17, 15) is 9.59 Å². The van der Waals surface area contributed by atoms with Crippen molar-refractivity contribution in [1.29, 1.82) is 5.26 Å². The van der Waals surface area contributed by atoms with Gasteiger partial charge in [-0.3, -0.25) is 4.79 Å². The number of esters is 1. The number of nitrogens with one attached hydrogen (secondary N) is 1. The summed E-state index contributed by atoms with van der Waals surface area (Å²) in [6, 6.07) is 12.3. The molecule has 0 atom stereocenters. The second kappa shape index (κ2) is 7.73. The van der Waals surface area contributed by atoms with Gasteiger partial charge < -0.3 is 10.1 Å². The van der Waals surface area contributed by atoms with Gasteiger partial charge in [0.1, 0.15) is 4.88 Å². The lowest BCUT2D eigenvalue weighted by Gasteiger charge is -2.06. The molecule has 2 rings (SSSR count). The molecular weight excluding hydrogens is 368 g/mol. The molecule has 0 saturated carbocycles. The largest absolute Gasteiger partial charge is 0.451 e. The summed E-state index contributed by atoms with van der Waals surface area (Å²) in [5.74, 6) is -0.952. The average Bonchev–Trinajstić information content (AvgIpc) is 2.94. The van der Waals surface area contributed by atoms with Crippen LogP contribution >= 0.6 is 27.3 Å². The number of anilines is 1. The molecule has 22 heavy (non-hydrogen) atoms. The van der Waals surface area contributed by atoms with Gasteiger partial charge in [-0.2, -0.15) is 5.26 Å². The number of amides is 1. The van der Waals surface area contributed by atoms with E-state index in [0.29, 0.717) is 17.0 Å². The van der Waals surface area contributed by atoms with Gasteiger partial charge in [0.15, 0.2) is 6.61 Å². The number of ether oxygens (including phenoxy) is 1. The zero-order chi connectivity index (χ0) is 15.9. The molecule has 0 spiro atoms. The smallest absolute Gasteiger partial charge is 0.348 e. The van der Waals surface area contributed by atoms with Gasteiger partial charge in [-0.15, -0.1) is 11.3 Å². The Balaban J connectivity index is 1.82. The van der Waals surface area contributed by atoms with E-state index >= 15 is 0 Å². The maximum Gasteiger partial charge on any atom is 0.348 e. The average molecular weight is 379 g/mol. The van der Waals surface area contributed by atoms with Gasteiger partial charge in [-0.1, -0.05) is 12.1 Å². The minimum Gasteiger partial charge on any atom is -0.451 e. The van der Waals surface area contributed by atoms with Crippen LogP contribution in [-0.4, -0.2) is 18.5 Å². The Bertz CT molecular complexity index is 719. The number of hydrogen-bond acceptors (Lipinski definition) is 5. The van der Waals surface area contributed by atoms with Crippen molar-refractivity contribution in [2.24, 2.45) is 0 Å². The molecule has 2 aromatic rings. The third-order valence-electron chi connectivity index (χ3n) is 2.63. The predicted octanol–water partition coefficient (Wildman–Crippen LogP) is 3.37. The van der Waals surface area contributed by atoms with Gasteiger partial charge in [0.2, 0.25) is 0 Å². The number of benzene rings is 1. The van der Waals surface area contributed by atoms with Crippen LogP contribution in [0.2, 0.25) is 0 Å². The molecule has 0 unspecified atom stereocenters. The summed E-state index contributed by atoms with van der Waals surface area (Å²) in [4.78, 5) is 23.8. The molecule has 112 valence electrons. The van der Waals surface area contributed by atoms with E-state index in [1.54, 1.807) is 36.4 Å². The van der Waals surface area contributed by atoms with Crippen LogP contribution in [0.25, 0.3) is 0 Å². The molecule has 1 aromatic carbocycles. The summed E-state index contributed by atoms with van der Waals surface area (Å²) in [5, 5.41) is 11.2. The highest BCUT2D eigenvalue weighted by molar-refractivity contribution is 9.11. The van der Waals surface area contributed by atoms with Crippen molar-refractivity contribution in [1.82, 2.24) is 0 Å². The topological polar surface area (TPSA) is 79.2 Å². The van der Waals surface area contributed by atoms with Crippen molar-refractivity contribution in [2.45, 2.75) is 6.42 Å². The molecular formula is C15H11BrN2O3S. The first kappa shape index (κ1) is 16.2. The third kappa shape index (κ3) is 4.69. The SMILES string of the molecule is N#CCc1ccc(NC(=O)COC(=O)c2ccc(Br)s2)cc1. The molecule has 1 aromatic heterocycles. The molecule has 0 bridgehead atoms. The highest BCUT2D eigenvalue weighted by Crippen LogP contribution is 2.22. The molecule has 0 radical (unpaired) electrons. The van der Waals surface area contributed by atoms with Crippen LogP contribution in [0.3, 0.4) is 0 Å². The number of carbonyl (C=O) groups is 2. The van der Waals surface area contributed by atoms with E-state index in [-0.39, 0.29) is 6.61 Å². The van der Waals surface area contributed by atoms with Crippen LogP contribution in [0.4, 0.5) is 5.69 Å². The van der Waals surface area contributed by atoms with E-state index in [4.69, 9.17) is 10.00 Å². The lowest BCUT2D eigenvalue weighted by Crippen LogP contribution is -2.20. The summed E-state index contributed by atoms with van der Waals surface area (Å²) in [5.41, 5.74) is 1.46. The Kier molecular flexibility index (Phi) is 5.69. The number of thiophene rings is 1. The van der Waals surface area contributed by atoms with Gasteiger partial charge in [0.05, 0.1) is 16.3 Å². The minimum absolute atomic E-state index is 0.322. The number of rotatable bonds is 5. The monoisotopic (exact) mass is 378 g/mol. The third-order valence-corrected chi connectivity index (χ3v) is 4.23. The first-order valence-corrected chi connectivity index (χ1v) is 7.87. The van der Waals surface area contributed by atoms with E-state index in [0.717, 1.165) is 9.35 Å². The van der Waals surface area contributed by atoms with Crippen LogP contribution in [0.5, 0.6) is 0 Å². The quantitative estimate of drug-likeness (QED) is 0.808. The van der Waals surface area contributed by atoms with Gasteiger partial charge in [0, 0.05) is 5.69 Å². The molecule has 0 fully saturated rings. The lowest BCUT2D eigenvalue weighted by atomic mass is 10.1. The Morgan fingerprint density at radius 2 is 1.95 bits per heavy atom. The highest BCUT2D eigenvalue weighted by Gasteiger charge is 2.12. The molecule has 1 amide bonds. The van der Waals surface area contributed by atoms with Crippen molar-refractivity contribution in [3.05, 3.63) is 50.6 Å². The molecule has 0 aliphatic rings. The fraction of sp³-hybridized carbons (Fsp3) is 0.133. The molecule has 1 heterocycles. The first-order chi connectivity index (χ1) is 10.6. The summed E-state index contributed by atoms with van der Waals surface area (Å²) in [6.45, 7) is -0.353. The predicted molar refractivity (Wildman–Crippen MR) is 86.7 cm³/mol. The van der Waals surface area contributed by atoms with E-state index in [2.05, 4.69) is 21.2 Å². The van der Waals surface area contributed by atoms with Crippen LogP contribution in [0.1, 0.15) is 15.2 Å². The number of carbonyl (C=O) groups excluding carboxylic acids is 2. The zero-order valence-electron chi connectivity index (χ0n) is 11.3. The Hall–Kier alpha value is -2.17. The maximum atomic E-state index is 11.7. The summed E-state index contributed by atoms with van der Waals surface area (Å²) in [6.07, 6.45) is 0.322. The highest BCUT2D eigenvalue weighted by atomic mass is 79.9. The first-order valence-electron chi connectivity index (χ1n) is 6.26. The van der Waals surface area contributed by atoms with Crippen LogP contribution in [-0.2, 0) is 16.0 Å². The molecule has 0 saturated heterocycles. The molecule has 0 aliphatic carbocycles. The van der Waals surface area contributed by atoms with Crippen molar-refractivity contribution in [3.8, 4) is 6.07 Å². The Morgan fingerprint density at radius 3 is 2.55 bits per heavy atom. The van der Waals surface area contributed by atoms with E-state index < -0.39 is 11.9 Å². The molecule has 5 nitrogen and oxygen atoms in total. The Labute approximate surface area is 139 Å². The Morgan fingerprint density at radius 1 is 1.23 bits per heavy atom. The standard InChI is InChI=1S/C15H11BrN2O3S/c16-13-6-5-12(22-13)15(20)21-9-14(19)18-11-3-1-10(2-4-11)7-8-17/h1-6H,7,9H2,(H,18,19). The van der Waals surface area contributed by atoms with Crippen molar-refractivity contribution in [3.63, 3.8) is 0 Å². The van der Waals surface area contributed by atoms with Crippen molar-refractivity contribution >= 4 is 44.8 Å². The number of nitriles is 1. The van der Waals surface area contributed by atoms with Crippen molar-refractivity contribution < 1.29 is 14.3 Å². The van der Waals surface area contributed by atoms with Gasteiger partial charge >= 0.3 is 5.97 Å². The van der Waals surface area contributed by atoms with E-state index in [1.807, 2.05) is 6.07 Å². The molecule has 0 aliphatic heterocycles. The van der Waals surface area contributed by atoms with Gasteiger partial charge in [0.25, 0.3) is 5.91 Å². The van der Waals surface area contributed by atoms with Crippen LogP contribution in [0.15, 0.2) is 40.2 Å². The second-order valence-electron chi connectivity index (χ2n) is 4.26. The minimum atomic E-state index is -0.532. The normalized spacial score (nSPS) is 9.82. The summed E-state index contributed by atoms with van der Waals surface area (Å²) < 4.78 is 5.75. The van der Waals surface area contributed by atoms with Crippen LogP contribution < -0.4 is 5.32 Å². The fourth-order valence-corrected chi connectivity index (χ4v) is 2.90. The lowest BCUT2D eigenvalue weighted by molar-refractivity contribution is -0.119. The van der Waals surface area contributed by atoms with Gasteiger partial charge in [-0.05, 0) is 45.8 Å². The van der Waals surface area contributed by atoms with Crippen molar-refractivity contribution in [2.75, 3.05) is 11.9 Å². The number of hydrogen-bond donors (Lipinski definition) is 1. The van der Waals surface area contributed by atoms with Gasteiger partial charge in [-0.25, -0.2) is 4.79 Å².